The fraction of sp³-hybridized carbons (Fsp3) is 0.625. The van der Waals surface area contributed by atoms with Crippen molar-refractivity contribution >= 4 is 0 Å². The summed E-state index contributed by atoms with van der Waals surface area (Å²) >= 11 is 0. The van der Waals surface area contributed by atoms with Gasteiger partial charge in [-0.15, -0.1) is 0 Å². The minimum Gasteiger partial charge on any atom is -0.487 e. The fourth-order valence-corrected chi connectivity index (χ4v) is 1.99. The van der Waals surface area contributed by atoms with E-state index in [0.29, 0.717) is 23.8 Å². The largest absolute Gasteiger partial charge is 0.487 e. The van der Waals surface area contributed by atoms with Gasteiger partial charge < -0.3 is 24.6 Å². The molecule has 0 aliphatic carbocycles. The van der Waals surface area contributed by atoms with Crippen LogP contribution in [-0.2, 0) is 0 Å². The van der Waals surface area contributed by atoms with Crippen LogP contribution in [0.3, 0.4) is 0 Å². The van der Waals surface area contributed by atoms with Crippen molar-refractivity contribution in [2.24, 2.45) is 0 Å². The fourth-order valence-electron chi connectivity index (χ4n) is 1.99. The van der Waals surface area contributed by atoms with Crippen molar-refractivity contribution in [1.29, 1.82) is 0 Å². The minimum absolute atomic E-state index is 0.0318. The van der Waals surface area contributed by atoms with E-state index in [1.807, 2.05) is 32.0 Å². The summed E-state index contributed by atoms with van der Waals surface area (Å²) in [7, 11) is 0. The number of ether oxygens (including phenoxy) is 3. The van der Waals surface area contributed by atoms with Crippen LogP contribution in [0.25, 0.3) is 0 Å². The normalized spacial score (nSPS) is 17.6. The van der Waals surface area contributed by atoms with Crippen LogP contribution in [0.2, 0.25) is 0 Å². The standard InChI is InChI=1S/C16H25NO4/c1-15(2,3)17-9-11(18)10-19-12-7-6-8-13-14(12)21-16(4,5)20-13/h6-8,11,17-18H,9-10H2,1-5H3. The lowest BCUT2D eigenvalue weighted by Gasteiger charge is -2.23. The van der Waals surface area contributed by atoms with Gasteiger partial charge in [0.15, 0.2) is 11.5 Å². The van der Waals surface area contributed by atoms with Gasteiger partial charge in [-0.2, -0.15) is 0 Å². The van der Waals surface area contributed by atoms with Gasteiger partial charge in [0, 0.05) is 25.9 Å². The number of para-hydroxylation sites is 1. The third-order valence-corrected chi connectivity index (χ3v) is 2.95. The Morgan fingerprint density at radius 1 is 1.29 bits per heavy atom. The average Bonchev–Trinajstić information content (AvgIpc) is 2.67. The molecule has 1 aromatic rings. The van der Waals surface area contributed by atoms with E-state index in [4.69, 9.17) is 14.2 Å². The molecule has 21 heavy (non-hydrogen) atoms. The van der Waals surface area contributed by atoms with Crippen molar-refractivity contribution < 1.29 is 19.3 Å². The van der Waals surface area contributed by atoms with E-state index in [1.54, 1.807) is 0 Å². The maximum absolute atomic E-state index is 9.97. The third kappa shape index (κ3) is 4.51. The van der Waals surface area contributed by atoms with Gasteiger partial charge in [-0.3, -0.25) is 0 Å². The summed E-state index contributed by atoms with van der Waals surface area (Å²) in [5.74, 6) is 1.17. The second-order valence-corrected chi connectivity index (χ2v) is 6.78. The molecule has 5 heteroatoms. The van der Waals surface area contributed by atoms with Crippen LogP contribution in [0.5, 0.6) is 17.2 Å². The van der Waals surface area contributed by atoms with Crippen LogP contribution in [0, 0.1) is 0 Å². The summed E-state index contributed by atoms with van der Waals surface area (Å²) in [6, 6.07) is 5.50. The summed E-state index contributed by atoms with van der Waals surface area (Å²) in [5.41, 5.74) is -0.0318. The summed E-state index contributed by atoms with van der Waals surface area (Å²) in [6.45, 7) is 10.5. The number of nitrogens with one attached hydrogen (secondary N) is 1. The summed E-state index contributed by atoms with van der Waals surface area (Å²) in [6.07, 6.45) is -0.588. The molecule has 118 valence electrons. The molecule has 1 heterocycles. The number of aliphatic hydroxyl groups excluding tert-OH is 1. The monoisotopic (exact) mass is 295 g/mol. The Balaban J connectivity index is 1.92. The number of hydrogen-bond donors (Lipinski definition) is 2. The molecule has 2 N–H and O–H groups in total. The number of fused-ring (bicyclic) bond motifs is 1. The van der Waals surface area contributed by atoms with Crippen molar-refractivity contribution in [3.05, 3.63) is 18.2 Å². The molecule has 0 fully saturated rings. The first kappa shape index (κ1) is 15.9. The lowest BCUT2D eigenvalue weighted by Crippen LogP contribution is -2.42. The maximum atomic E-state index is 9.97. The van der Waals surface area contributed by atoms with Crippen molar-refractivity contribution in [1.82, 2.24) is 5.32 Å². The predicted molar refractivity (Wildman–Crippen MR) is 81.0 cm³/mol. The predicted octanol–water partition coefficient (Wildman–Crippen LogP) is 2.32. The van der Waals surface area contributed by atoms with Crippen LogP contribution < -0.4 is 19.5 Å². The lowest BCUT2D eigenvalue weighted by molar-refractivity contribution is -0.0443. The first-order valence-electron chi connectivity index (χ1n) is 7.23. The third-order valence-electron chi connectivity index (χ3n) is 2.95. The summed E-state index contributed by atoms with van der Waals surface area (Å²) in [5, 5.41) is 13.2. The van der Waals surface area contributed by atoms with E-state index < -0.39 is 11.9 Å². The SMILES string of the molecule is CC(C)(C)NCC(O)COc1cccc2c1OC(C)(C)O2. The van der Waals surface area contributed by atoms with E-state index >= 15 is 0 Å². The second-order valence-electron chi connectivity index (χ2n) is 6.78. The van der Waals surface area contributed by atoms with Crippen molar-refractivity contribution in [3.8, 4) is 17.2 Å². The molecule has 1 atom stereocenters. The van der Waals surface area contributed by atoms with Gasteiger partial charge in [0.1, 0.15) is 12.7 Å². The Morgan fingerprint density at radius 2 is 2.00 bits per heavy atom. The highest BCUT2D eigenvalue weighted by molar-refractivity contribution is 5.53. The quantitative estimate of drug-likeness (QED) is 0.873. The molecule has 1 unspecified atom stereocenters. The van der Waals surface area contributed by atoms with Gasteiger partial charge in [-0.1, -0.05) is 6.07 Å². The molecule has 2 rings (SSSR count). The molecule has 1 aliphatic heterocycles. The maximum Gasteiger partial charge on any atom is 0.246 e. The molecule has 1 aromatic carbocycles. The topological polar surface area (TPSA) is 60.0 Å². The van der Waals surface area contributed by atoms with Crippen molar-refractivity contribution in [2.45, 2.75) is 52.0 Å². The lowest BCUT2D eigenvalue weighted by atomic mass is 10.1. The van der Waals surface area contributed by atoms with Crippen LogP contribution in [0.15, 0.2) is 18.2 Å². The van der Waals surface area contributed by atoms with E-state index in [0.717, 1.165) is 0 Å². The summed E-state index contributed by atoms with van der Waals surface area (Å²) in [4.78, 5) is 0. The zero-order chi connectivity index (χ0) is 15.7. The van der Waals surface area contributed by atoms with Crippen LogP contribution >= 0.6 is 0 Å². The van der Waals surface area contributed by atoms with Crippen molar-refractivity contribution in [3.63, 3.8) is 0 Å². The van der Waals surface area contributed by atoms with Crippen LogP contribution in [0.4, 0.5) is 0 Å². The molecule has 0 radical (unpaired) electrons. The van der Waals surface area contributed by atoms with Gasteiger partial charge >= 0.3 is 0 Å². The molecular formula is C16H25NO4. The van der Waals surface area contributed by atoms with E-state index in [-0.39, 0.29) is 12.1 Å². The molecule has 0 saturated heterocycles. The number of hydrogen-bond acceptors (Lipinski definition) is 5. The van der Waals surface area contributed by atoms with Gasteiger partial charge in [0.25, 0.3) is 0 Å². The summed E-state index contributed by atoms with van der Waals surface area (Å²) < 4.78 is 17.1. The minimum atomic E-state index is -0.686. The van der Waals surface area contributed by atoms with Crippen LogP contribution in [-0.4, -0.2) is 35.7 Å². The Bertz CT molecular complexity index is 494. The molecule has 0 amide bonds. The molecule has 1 aliphatic rings. The number of benzene rings is 1. The zero-order valence-electron chi connectivity index (χ0n) is 13.4. The first-order valence-corrected chi connectivity index (χ1v) is 7.23. The molecule has 0 aromatic heterocycles. The Labute approximate surface area is 126 Å². The van der Waals surface area contributed by atoms with E-state index in [2.05, 4.69) is 26.1 Å². The van der Waals surface area contributed by atoms with E-state index in [1.165, 1.54) is 0 Å². The van der Waals surface area contributed by atoms with Gasteiger partial charge in [0.2, 0.25) is 11.5 Å². The Hall–Kier alpha value is -1.46. The van der Waals surface area contributed by atoms with E-state index in [9.17, 15) is 5.11 Å². The van der Waals surface area contributed by atoms with Crippen molar-refractivity contribution in [2.75, 3.05) is 13.2 Å². The zero-order valence-corrected chi connectivity index (χ0v) is 13.4. The number of aliphatic hydroxyl groups is 1. The highest BCUT2D eigenvalue weighted by atomic mass is 16.7. The smallest absolute Gasteiger partial charge is 0.246 e. The van der Waals surface area contributed by atoms with Crippen LogP contribution in [0.1, 0.15) is 34.6 Å². The van der Waals surface area contributed by atoms with Gasteiger partial charge in [-0.25, -0.2) is 0 Å². The Kier molecular flexibility index (Phi) is 4.35. The average molecular weight is 295 g/mol. The highest BCUT2D eigenvalue weighted by Gasteiger charge is 2.34. The first-order chi connectivity index (χ1) is 9.66. The number of β-amino-alcohol motifs (C(OH)–C–C–N with tert-alkyl or cyclic N) is 1. The molecule has 0 bridgehead atoms. The Morgan fingerprint density at radius 3 is 2.67 bits per heavy atom. The molecule has 0 saturated carbocycles. The molecular weight excluding hydrogens is 270 g/mol. The highest BCUT2D eigenvalue weighted by Crippen LogP contribution is 2.45. The van der Waals surface area contributed by atoms with Gasteiger partial charge in [0.05, 0.1) is 0 Å². The number of rotatable bonds is 5. The molecule has 5 nitrogen and oxygen atoms in total. The molecule has 0 spiro atoms. The second kappa shape index (κ2) is 5.73. The van der Waals surface area contributed by atoms with Gasteiger partial charge in [-0.05, 0) is 32.9 Å².